The van der Waals surface area contributed by atoms with Crippen LogP contribution in [0.2, 0.25) is 0 Å². The van der Waals surface area contributed by atoms with Gasteiger partial charge in [0.25, 0.3) is 0 Å². The van der Waals surface area contributed by atoms with Crippen LogP contribution in [0.25, 0.3) is 0 Å². The third-order valence-corrected chi connectivity index (χ3v) is 2.89. The number of carbonyl (C=O) groups is 3. The Labute approximate surface area is 109 Å². The van der Waals surface area contributed by atoms with Crippen LogP contribution < -0.4 is 9.64 Å². The highest BCUT2D eigenvalue weighted by atomic mass is 16.5. The van der Waals surface area contributed by atoms with Gasteiger partial charge in [-0.25, -0.2) is 9.69 Å². The fraction of sp³-hybridized carbons (Fsp3) is 0.308. The first kappa shape index (κ1) is 13.1. The highest BCUT2D eigenvalue weighted by molar-refractivity contribution is 6.20. The Balaban J connectivity index is 2.50. The molecule has 6 nitrogen and oxygen atoms in total. The molecule has 0 radical (unpaired) electrons. The number of hydrogen-bond donors (Lipinski definition) is 0. The molecule has 0 aromatic heterocycles. The normalized spacial score (nSPS) is 14.7. The summed E-state index contributed by atoms with van der Waals surface area (Å²) in [6.45, 7) is 0. The SMILES string of the molecule is COC(=O)c1ccc(OC)c(N2C(=O)CCC2=O)c1. The van der Waals surface area contributed by atoms with E-state index in [1.165, 1.54) is 32.4 Å². The first-order valence-corrected chi connectivity index (χ1v) is 5.70. The maximum atomic E-state index is 11.7. The fourth-order valence-corrected chi connectivity index (χ4v) is 1.95. The molecule has 100 valence electrons. The summed E-state index contributed by atoms with van der Waals surface area (Å²) >= 11 is 0. The molecule has 1 saturated heterocycles. The van der Waals surface area contributed by atoms with Crippen molar-refractivity contribution in [1.82, 2.24) is 0 Å². The largest absolute Gasteiger partial charge is 0.495 e. The van der Waals surface area contributed by atoms with Gasteiger partial charge < -0.3 is 9.47 Å². The second kappa shape index (κ2) is 5.09. The van der Waals surface area contributed by atoms with E-state index in [2.05, 4.69) is 4.74 Å². The first-order chi connectivity index (χ1) is 9.08. The van der Waals surface area contributed by atoms with Crippen LogP contribution in [0.5, 0.6) is 5.75 Å². The molecule has 0 bridgehead atoms. The first-order valence-electron chi connectivity index (χ1n) is 5.70. The summed E-state index contributed by atoms with van der Waals surface area (Å²) in [5.74, 6) is -0.783. The monoisotopic (exact) mass is 263 g/mol. The van der Waals surface area contributed by atoms with E-state index in [4.69, 9.17) is 4.74 Å². The van der Waals surface area contributed by atoms with Gasteiger partial charge in [0.15, 0.2) is 0 Å². The van der Waals surface area contributed by atoms with Crippen molar-refractivity contribution < 1.29 is 23.9 Å². The summed E-state index contributed by atoms with van der Waals surface area (Å²) in [5.41, 5.74) is 0.531. The number of rotatable bonds is 3. The van der Waals surface area contributed by atoms with Gasteiger partial charge in [0.1, 0.15) is 5.75 Å². The second-order valence-corrected chi connectivity index (χ2v) is 4.00. The molecule has 0 atom stereocenters. The number of benzene rings is 1. The van der Waals surface area contributed by atoms with Gasteiger partial charge in [0.2, 0.25) is 11.8 Å². The standard InChI is InChI=1S/C13H13NO5/c1-18-10-4-3-8(13(17)19-2)7-9(10)14-11(15)5-6-12(14)16/h3-4,7H,5-6H2,1-2H3. The quantitative estimate of drug-likeness (QED) is 0.604. The van der Waals surface area contributed by atoms with Crippen molar-refractivity contribution in [3.8, 4) is 5.75 Å². The van der Waals surface area contributed by atoms with E-state index >= 15 is 0 Å². The van der Waals surface area contributed by atoms with E-state index in [1.54, 1.807) is 0 Å². The Morgan fingerprint density at radius 3 is 2.32 bits per heavy atom. The number of ether oxygens (including phenoxy) is 2. The third-order valence-electron chi connectivity index (χ3n) is 2.89. The van der Waals surface area contributed by atoms with Crippen molar-refractivity contribution in [2.75, 3.05) is 19.1 Å². The summed E-state index contributed by atoms with van der Waals surface area (Å²) in [6, 6.07) is 4.46. The number of carbonyl (C=O) groups excluding carboxylic acids is 3. The van der Waals surface area contributed by atoms with Gasteiger partial charge in [-0.05, 0) is 18.2 Å². The lowest BCUT2D eigenvalue weighted by Crippen LogP contribution is -2.29. The summed E-state index contributed by atoms with van der Waals surface area (Å²) < 4.78 is 9.74. The van der Waals surface area contributed by atoms with Crippen LogP contribution in [-0.4, -0.2) is 32.0 Å². The van der Waals surface area contributed by atoms with E-state index in [0.717, 1.165) is 4.90 Å². The van der Waals surface area contributed by atoms with Crippen molar-refractivity contribution in [2.24, 2.45) is 0 Å². The molecule has 0 aliphatic carbocycles. The molecule has 0 saturated carbocycles. The van der Waals surface area contributed by atoms with E-state index in [9.17, 15) is 14.4 Å². The molecule has 1 fully saturated rings. The Kier molecular flexibility index (Phi) is 3.50. The topological polar surface area (TPSA) is 72.9 Å². The zero-order valence-corrected chi connectivity index (χ0v) is 10.6. The highest BCUT2D eigenvalue weighted by Crippen LogP contribution is 2.33. The molecule has 0 spiro atoms. The second-order valence-electron chi connectivity index (χ2n) is 4.00. The average molecular weight is 263 g/mol. The van der Waals surface area contributed by atoms with Crippen molar-refractivity contribution in [2.45, 2.75) is 12.8 Å². The van der Waals surface area contributed by atoms with Gasteiger partial charge in [0, 0.05) is 12.8 Å². The van der Waals surface area contributed by atoms with Crippen LogP contribution in [0, 0.1) is 0 Å². The number of anilines is 1. The van der Waals surface area contributed by atoms with Crippen LogP contribution in [0.15, 0.2) is 18.2 Å². The van der Waals surface area contributed by atoms with Crippen LogP contribution in [0.3, 0.4) is 0 Å². The minimum absolute atomic E-state index is 0.171. The maximum absolute atomic E-state index is 11.7. The van der Waals surface area contributed by atoms with Crippen LogP contribution in [0.4, 0.5) is 5.69 Å². The fourth-order valence-electron chi connectivity index (χ4n) is 1.95. The lowest BCUT2D eigenvalue weighted by atomic mass is 10.1. The minimum Gasteiger partial charge on any atom is -0.495 e. The Hall–Kier alpha value is -2.37. The van der Waals surface area contributed by atoms with E-state index in [1.807, 2.05) is 0 Å². The number of amides is 2. The van der Waals surface area contributed by atoms with Gasteiger partial charge in [-0.2, -0.15) is 0 Å². The van der Waals surface area contributed by atoms with Gasteiger partial charge in [-0.3, -0.25) is 9.59 Å². The molecule has 1 aromatic rings. The van der Waals surface area contributed by atoms with Crippen molar-refractivity contribution >= 4 is 23.5 Å². The van der Waals surface area contributed by atoms with Gasteiger partial charge in [-0.15, -0.1) is 0 Å². The number of esters is 1. The predicted molar refractivity (Wildman–Crippen MR) is 66.1 cm³/mol. The summed E-state index contributed by atoms with van der Waals surface area (Å²) in [5, 5.41) is 0. The number of methoxy groups -OCH3 is 2. The molecule has 2 amide bonds. The Morgan fingerprint density at radius 1 is 1.16 bits per heavy atom. The Morgan fingerprint density at radius 2 is 1.79 bits per heavy atom. The predicted octanol–water partition coefficient (Wildman–Crippen LogP) is 1.14. The molecule has 1 aromatic carbocycles. The molecule has 0 unspecified atom stereocenters. The van der Waals surface area contributed by atoms with Crippen LogP contribution >= 0.6 is 0 Å². The molecule has 2 rings (SSSR count). The summed E-state index contributed by atoms with van der Waals surface area (Å²) in [4.78, 5) is 36.0. The third kappa shape index (κ3) is 2.29. The zero-order chi connectivity index (χ0) is 14.0. The summed E-state index contributed by atoms with van der Waals surface area (Å²) in [6.07, 6.45) is 0.342. The zero-order valence-electron chi connectivity index (χ0n) is 10.6. The smallest absolute Gasteiger partial charge is 0.337 e. The van der Waals surface area contributed by atoms with Crippen molar-refractivity contribution in [3.05, 3.63) is 23.8 Å². The van der Waals surface area contributed by atoms with Gasteiger partial charge in [-0.1, -0.05) is 0 Å². The minimum atomic E-state index is -0.539. The van der Waals surface area contributed by atoms with Crippen molar-refractivity contribution in [3.63, 3.8) is 0 Å². The molecule has 1 heterocycles. The van der Waals surface area contributed by atoms with E-state index < -0.39 is 5.97 Å². The van der Waals surface area contributed by atoms with E-state index in [0.29, 0.717) is 5.75 Å². The lowest BCUT2D eigenvalue weighted by molar-refractivity contribution is -0.121. The molecular formula is C13H13NO5. The molecule has 1 aliphatic heterocycles. The van der Waals surface area contributed by atoms with Crippen molar-refractivity contribution in [1.29, 1.82) is 0 Å². The molecule has 1 aliphatic rings. The summed E-state index contributed by atoms with van der Waals surface area (Å²) in [7, 11) is 2.69. The average Bonchev–Trinajstić information content (AvgIpc) is 2.76. The molecule has 6 heteroatoms. The van der Waals surface area contributed by atoms with Crippen LogP contribution in [0.1, 0.15) is 23.2 Å². The number of imide groups is 1. The maximum Gasteiger partial charge on any atom is 0.337 e. The molecular weight excluding hydrogens is 250 g/mol. The molecule has 19 heavy (non-hydrogen) atoms. The lowest BCUT2D eigenvalue weighted by Gasteiger charge is -2.17. The highest BCUT2D eigenvalue weighted by Gasteiger charge is 2.32. The Bertz CT molecular complexity index is 536. The van der Waals surface area contributed by atoms with Gasteiger partial charge in [0.05, 0.1) is 25.5 Å². The molecule has 0 N–H and O–H groups in total. The number of hydrogen-bond acceptors (Lipinski definition) is 5. The number of nitrogens with zero attached hydrogens (tertiary/aromatic N) is 1. The van der Waals surface area contributed by atoms with Crippen LogP contribution in [-0.2, 0) is 14.3 Å². The van der Waals surface area contributed by atoms with E-state index in [-0.39, 0.29) is 35.9 Å². The van der Waals surface area contributed by atoms with Gasteiger partial charge >= 0.3 is 5.97 Å².